The molecule has 0 heteroatoms. The SMILES string of the molecule is CC.CC#CC1CCCC1. The van der Waals surface area contributed by atoms with Crippen LogP contribution in [0.25, 0.3) is 0 Å². The number of hydrogen-bond donors (Lipinski definition) is 0. The van der Waals surface area contributed by atoms with Crippen LogP contribution in [-0.2, 0) is 0 Å². The van der Waals surface area contributed by atoms with E-state index in [-0.39, 0.29) is 0 Å². The minimum atomic E-state index is 0.750. The highest BCUT2D eigenvalue weighted by atomic mass is 14.1. The summed E-state index contributed by atoms with van der Waals surface area (Å²) in [4.78, 5) is 0. The molecule has 58 valence electrons. The van der Waals surface area contributed by atoms with Crippen molar-refractivity contribution in [3.63, 3.8) is 0 Å². The molecule has 0 atom stereocenters. The van der Waals surface area contributed by atoms with E-state index in [1.807, 2.05) is 20.8 Å². The van der Waals surface area contributed by atoms with Crippen molar-refractivity contribution < 1.29 is 0 Å². The molecular weight excluding hydrogens is 120 g/mol. The van der Waals surface area contributed by atoms with Gasteiger partial charge in [-0.1, -0.05) is 26.7 Å². The van der Waals surface area contributed by atoms with Gasteiger partial charge in [-0.2, -0.15) is 0 Å². The van der Waals surface area contributed by atoms with Crippen LogP contribution >= 0.6 is 0 Å². The lowest BCUT2D eigenvalue weighted by molar-refractivity contribution is 0.712. The van der Waals surface area contributed by atoms with Gasteiger partial charge in [-0.25, -0.2) is 0 Å². The molecule has 0 radical (unpaired) electrons. The lowest BCUT2D eigenvalue weighted by atomic mass is 10.1. The zero-order chi connectivity index (χ0) is 7.82. The van der Waals surface area contributed by atoms with E-state index in [1.54, 1.807) is 0 Å². The van der Waals surface area contributed by atoms with Crippen LogP contribution in [0.5, 0.6) is 0 Å². The van der Waals surface area contributed by atoms with Crippen LogP contribution in [0.4, 0.5) is 0 Å². The highest BCUT2D eigenvalue weighted by Crippen LogP contribution is 2.23. The van der Waals surface area contributed by atoms with Gasteiger partial charge in [0.15, 0.2) is 0 Å². The van der Waals surface area contributed by atoms with Gasteiger partial charge in [-0.05, 0) is 19.8 Å². The summed E-state index contributed by atoms with van der Waals surface area (Å²) in [6.07, 6.45) is 5.50. The van der Waals surface area contributed by atoms with Crippen molar-refractivity contribution >= 4 is 0 Å². The molecule has 1 fully saturated rings. The third-order valence-corrected chi connectivity index (χ3v) is 1.70. The Kier molecular flexibility index (Phi) is 6.38. The zero-order valence-corrected chi connectivity index (χ0v) is 7.41. The van der Waals surface area contributed by atoms with Crippen LogP contribution in [0.15, 0.2) is 0 Å². The summed E-state index contributed by atoms with van der Waals surface area (Å²) in [7, 11) is 0. The van der Waals surface area contributed by atoms with E-state index in [1.165, 1.54) is 25.7 Å². The first-order valence-electron chi connectivity index (χ1n) is 4.36. The van der Waals surface area contributed by atoms with Crippen molar-refractivity contribution in [1.82, 2.24) is 0 Å². The first-order valence-corrected chi connectivity index (χ1v) is 4.36. The van der Waals surface area contributed by atoms with Crippen LogP contribution in [0, 0.1) is 17.8 Å². The quantitative estimate of drug-likeness (QED) is 0.451. The monoisotopic (exact) mass is 138 g/mol. The highest BCUT2D eigenvalue weighted by molar-refractivity contribution is 5.02. The van der Waals surface area contributed by atoms with Gasteiger partial charge >= 0.3 is 0 Å². The molecule has 10 heavy (non-hydrogen) atoms. The molecule has 0 aromatic rings. The molecule has 0 N–H and O–H groups in total. The average Bonchev–Trinajstić information content (AvgIpc) is 2.46. The first-order chi connectivity index (χ1) is 4.93. The summed E-state index contributed by atoms with van der Waals surface area (Å²) in [6, 6.07) is 0. The van der Waals surface area contributed by atoms with Crippen LogP contribution in [0.3, 0.4) is 0 Å². The lowest BCUT2D eigenvalue weighted by Crippen LogP contribution is -1.84. The summed E-state index contributed by atoms with van der Waals surface area (Å²) >= 11 is 0. The Morgan fingerprint density at radius 3 is 2.00 bits per heavy atom. The maximum Gasteiger partial charge on any atom is 0.0202 e. The van der Waals surface area contributed by atoms with Gasteiger partial charge in [-0.15, -0.1) is 11.8 Å². The third-order valence-electron chi connectivity index (χ3n) is 1.70. The maximum atomic E-state index is 3.19. The normalized spacial score (nSPS) is 16.7. The molecule has 1 saturated carbocycles. The molecule has 0 aromatic carbocycles. The van der Waals surface area contributed by atoms with Crippen LogP contribution in [-0.4, -0.2) is 0 Å². The molecule has 0 bridgehead atoms. The van der Waals surface area contributed by atoms with E-state index in [4.69, 9.17) is 0 Å². The Morgan fingerprint density at radius 1 is 1.10 bits per heavy atom. The van der Waals surface area contributed by atoms with E-state index < -0.39 is 0 Å². The van der Waals surface area contributed by atoms with E-state index >= 15 is 0 Å². The Morgan fingerprint density at radius 2 is 1.60 bits per heavy atom. The molecule has 0 aromatic heterocycles. The second kappa shape index (κ2) is 6.68. The van der Waals surface area contributed by atoms with Gasteiger partial charge in [0.05, 0.1) is 0 Å². The molecule has 0 unspecified atom stereocenters. The summed E-state index contributed by atoms with van der Waals surface area (Å²) < 4.78 is 0. The predicted molar refractivity (Wildman–Crippen MR) is 46.8 cm³/mol. The zero-order valence-electron chi connectivity index (χ0n) is 7.41. The Labute approximate surface area is 65.0 Å². The van der Waals surface area contributed by atoms with E-state index in [0.29, 0.717) is 0 Å². The molecule has 1 aliphatic carbocycles. The summed E-state index contributed by atoms with van der Waals surface area (Å²) in [6.45, 7) is 5.93. The fraction of sp³-hybridized carbons (Fsp3) is 0.800. The van der Waals surface area contributed by atoms with Gasteiger partial charge in [0.25, 0.3) is 0 Å². The van der Waals surface area contributed by atoms with Crippen molar-refractivity contribution in [3.8, 4) is 11.8 Å². The molecule has 1 rings (SSSR count). The third kappa shape index (κ3) is 3.56. The van der Waals surface area contributed by atoms with Crippen molar-refractivity contribution in [2.75, 3.05) is 0 Å². The Balaban J connectivity index is 0.000000371. The van der Waals surface area contributed by atoms with Crippen molar-refractivity contribution in [3.05, 3.63) is 0 Å². The highest BCUT2D eigenvalue weighted by Gasteiger charge is 2.10. The van der Waals surface area contributed by atoms with E-state index in [9.17, 15) is 0 Å². The van der Waals surface area contributed by atoms with Crippen LogP contribution < -0.4 is 0 Å². The number of rotatable bonds is 0. The van der Waals surface area contributed by atoms with E-state index in [0.717, 1.165) is 5.92 Å². The molecule has 0 aliphatic heterocycles. The minimum absolute atomic E-state index is 0.750. The van der Waals surface area contributed by atoms with Gasteiger partial charge in [0.1, 0.15) is 0 Å². The second-order valence-corrected chi connectivity index (χ2v) is 2.38. The fourth-order valence-corrected chi connectivity index (χ4v) is 1.27. The largest absolute Gasteiger partial charge is 0.106 e. The molecule has 0 saturated heterocycles. The van der Waals surface area contributed by atoms with Crippen LogP contribution in [0.2, 0.25) is 0 Å². The molecule has 0 amide bonds. The fourth-order valence-electron chi connectivity index (χ4n) is 1.27. The molecule has 0 heterocycles. The van der Waals surface area contributed by atoms with Crippen molar-refractivity contribution in [1.29, 1.82) is 0 Å². The van der Waals surface area contributed by atoms with Crippen molar-refractivity contribution in [2.45, 2.75) is 46.5 Å². The maximum absolute atomic E-state index is 3.19. The molecule has 0 spiro atoms. The van der Waals surface area contributed by atoms with Gasteiger partial charge in [-0.3, -0.25) is 0 Å². The Hall–Kier alpha value is -0.440. The summed E-state index contributed by atoms with van der Waals surface area (Å²) in [5.74, 6) is 6.90. The molecule has 1 aliphatic rings. The molecule has 0 nitrogen and oxygen atoms in total. The van der Waals surface area contributed by atoms with Crippen LogP contribution in [0.1, 0.15) is 46.5 Å². The minimum Gasteiger partial charge on any atom is -0.106 e. The van der Waals surface area contributed by atoms with Gasteiger partial charge < -0.3 is 0 Å². The second-order valence-electron chi connectivity index (χ2n) is 2.38. The smallest absolute Gasteiger partial charge is 0.0202 e. The predicted octanol–water partition coefficient (Wildman–Crippen LogP) is 3.23. The van der Waals surface area contributed by atoms with Gasteiger partial charge in [0, 0.05) is 5.92 Å². The first kappa shape index (κ1) is 9.56. The standard InChI is InChI=1S/C8H12.C2H6/c1-2-5-8-6-3-4-7-8;1-2/h8H,3-4,6-7H2,1H3;1-2H3. The van der Waals surface area contributed by atoms with Gasteiger partial charge in [0.2, 0.25) is 0 Å². The summed E-state index contributed by atoms with van der Waals surface area (Å²) in [5, 5.41) is 0. The topological polar surface area (TPSA) is 0 Å². The number of hydrogen-bond acceptors (Lipinski definition) is 0. The van der Waals surface area contributed by atoms with E-state index in [2.05, 4.69) is 11.8 Å². The molecular formula is C10H18. The van der Waals surface area contributed by atoms with Crippen molar-refractivity contribution in [2.24, 2.45) is 5.92 Å². The average molecular weight is 138 g/mol. The Bertz CT molecular complexity index is 108. The summed E-state index contributed by atoms with van der Waals surface area (Å²) in [5.41, 5.74) is 0. The lowest BCUT2D eigenvalue weighted by Gasteiger charge is -1.92.